The van der Waals surface area contributed by atoms with Gasteiger partial charge >= 0.3 is 0 Å². The summed E-state index contributed by atoms with van der Waals surface area (Å²) >= 11 is 0. The fourth-order valence-electron chi connectivity index (χ4n) is 1.89. The first-order chi connectivity index (χ1) is 8.89. The van der Waals surface area contributed by atoms with Crippen molar-refractivity contribution in [2.24, 2.45) is 0 Å². The number of para-hydroxylation sites is 1. The van der Waals surface area contributed by atoms with Gasteiger partial charge in [-0.1, -0.05) is 18.2 Å². The maximum absolute atomic E-state index is 11.8. The second-order valence-corrected chi connectivity index (χ2v) is 6.46. The molecule has 0 aliphatic carbocycles. The van der Waals surface area contributed by atoms with Crippen molar-refractivity contribution < 1.29 is 13.2 Å². The number of hydrogen-bond donors (Lipinski definition) is 0. The fraction of sp³-hybridized carbons (Fsp3) is 0.308. The minimum absolute atomic E-state index is 0.155. The van der Waals surface area contributed by atoms with Crippen LogP contribution in [0.2, 0.25) is 0 Å². The van der Waals surface area contributed by atoms with Gasteiger partial charge in [-0.15, -0.1) is 0 Å². The van der Waals surface area contributed by atoms with Gasteiger partial charge in [0, 0.05) is 31.7 Å². The predicted octanol–water partition coefficient (Wildman–Crippen LogP) is 1.45. The molecule has 0 aliphatic rings. The Hall–Kier alpha value is -1.82. The summed E-state index contributed by atoms with van der Waals surface area (Å²) in [7, 11) is -2.18. The van der Waals surface area contributed by atoms with Gasteiger partial charge in [-0.25, -0.2) is 12.7 Å². The van der Waals surface area contributed by atoms with E-state index in [0.29, 0.717) is 6.54 Å². The fourth-order valence-corrected chi connectivity index (χ4v) is 2.36. The molecule has 2 rings (SSSR count). The van der Waals surface area contributed by atoms with Crippen molar-refractivity contribution in [3.63, 3.8) is 0 Å². The molecule has 0 saturated heterocycles. The molecular formula is C13H16N2O3S. The Morgan fingerprint density at radius 1 is 1.26 bits per heavy atom. The molecule has 0 N–H and O–H groups in total. The molecule has 0 unspecified atom stereocenters. The van der Waals surface area contributed by atoms with Crippen molar-refractivity contribution in [2.45, 2.75) is 13.0 Å². The van der Waals surface area contributed by atoms with Crippen LogP contribution >= 0.6 is 0 Å². The standard InChI is InChI=1S/C13H16N2O3S/c1-14(19(2,17)18)13(16)8-10-15-9-7-11-5-3-4-6-12(11)15/h3-7,9H,8,10H2,1-2H3. The van der Waals surface area contributed by atoms with Crippen molar-refractivity contribution in [1.29, 1.82) is 0 Å². The van der Waals surface area contributed by atoms with Crippen LogP contribution in [0.15, 0.2) is 36.5 Å². The third kappa shape index (κ3) is 2.96. The number of fused-ring (bicyclic) bond motifs is 1. The Labute approximate surface area is 112 Å². The largest absolute Gasteiger partial charge is 0.347 e. The highest BCUT2D eigenvalue weighted by Gasteiger charge is 2.17. The Bertz CT molecular complexity index is 704. The Kier molecular flexibility index (Phi) is 3.61. The van der Waals surface area contributed by atoms with Crippen molar-refractivity contribution in [3.05, 3.63) is 36.5 Å². The molecule has 0 fully saturated rings. The maximum Gasteiger partial charge on any atom is 0.237 e. The molecule has 1 aromatic heterocycles. The quantitative estimate of drug-likeness (QED) is 0.851. The van der Waals surface area contributed by atoms with Crippen LogP contribution in [0, 0.1) is 0 Å². The van der Waals surface area contributed by atoms with Crippen LogP contribution in [-0.2, 0) is 21.4 Å². The SMILES string of the molecule is CN(C(=O)CCn1ccc2ccccc21)S(C)(=O)=O. The summed E-state index contributed by atoms with van der Waals surface area (Å²) in [5.41, 5.74) is 1.04. The summed E-state index contributed by atoms with van der Waals surface area (Å²) in [6.07, 6.45) is 3.08. The molecule has 1 heterocycles. The van der Waals surface area contributed by atoms with Gasteiger partial charge < -0.3 is 4.57 Å². The molecule has 2 aromatic rings. The number of sulfonamides is 1. The molecule has 0 spiro atoms. The summed E-state index contributed by atoms with van der Waals surface area (Å²) < 4.78 is 25.2. The number of amides is 1. The predicted molar refractivity (Wildman–Crippen MR) is 74.2 cm³/mol. The molecule has 1 aromatic carbocycles. The summed E-state index contributed by atoms with van der Waals surface area (Å²) in [6.45, 7) is 0.464. The number of carbonyl (C=O) groups is 1. The van der Waals surface area contributed by atoms with Gasteiger partial charge in [0.25, 0.3) is 0 Å². The van der Waals surface area contributed by atoms with Gasteiger partial charge in [0.2, 0.25) is 15.9 Å². The van der Waals surface area contributed by atoms with E-state index in [9.17, 15) is 13.2 Å². The van der Waals surface area contributed by atoms with E-state index in [0.717, 1.165) is 21.5 Å². The lowest BCUT2D eigenvalue weighted by Crippen LogP contribution is -2.32. The first-order valence-electron chi connectivity index (χ1n) is 5.90. The molecule has 0 atom stereocenters. The maximum atomic E-state index is 11.8. The van der Waals surface area contributed by atoms with E-state index in [1.54, 1.807) is 0 Å². The van der Waals surface area contributed by atoms with Crippen LogP contribution in [0.25, 0.3) is 10.9 Å². The summed E-state index contributed by atoms with van der Waals surface area (Å²) in [5.74, 6) is -0.403. The van der Waals surface area contributed by atoms with Crippen molar-refractivity contribution in [1.82, 2.24) is 8.87 Å². The zero-order valence-corrected chi connectivity index (χ0v) is 11.7. The molecule has 1 amide bonds. The minimum atomic E-state index is -3.46. The number of carbonyl (C=O) groups excluding carboxylic acids is 1. The lowest BCUT2D eigenvalue weighted by Gasteiger charge is -2.14. The van der Waals surface area contributed by atoms with Crippen molar-refractivity contribution >= 4 is 26.8 Å². The number of benzene rings is 1. The lowest BCUT2D eigenvalue weighted by molar-refractivity contribution is -0.125. The van der Waals surface area contributed by atoms with Crippen molar-refractivity contribution in [3.8, 4) is 0 Å². The third-order valence-electron chi connectivity index (χ3n) is 3.10. The first kappa shape index (κ1) is 13.6. The minimum Gasteiger partial charge on any atom is -0.347 e. The van der Waals surface area contributed by atoms with E-state index in [1.165, 1.54) is 7.05 Å². The molecule has 0 saturated carbocycles. The van der Waals surface area contributed by atoms with E-state index in [1.807, 2.05) is 41.1 Å². The zero-order valence-electron chi connectivity index (χ0n) is 10.9. The molecule has 19 heavy (non-hydrogen) atoms. The van der Waals surface area contributed by atoms with Gasteiger partial charge in [0.1, 0.15) is 0 Å². The van der Waals surface area contributed by atoms with Crippen molar-refractivity contribution in [2.75, 3.05) is 13.3 Å². The highest BCUT2D eigenvalue weighted by atomic mass is 32.2. The summed E-state index contributed by atoms with van der Waals surface area (Å²) in [4.78, 5) is 11.8. The first-order valence-corrected chi connectivity index (χ1v) is 7.75. The Morgan fingerprint density at radius 2 is 1.95 bits per heavy atom. The van der Waals surface area contributed by atoms with Crippen LogP contribution in [-0.4, -0.2) is 36.5 Å². The van der Waals surface area contributed by atoms with Gasteiger partial charge in [0.05, 0.1) is 6.26 Å². The average molecular weight is 280 g/mol. The van der Waals surface area contributed by atoms with E-state index < -0.39 is 15.9 Å². The topological polar surface area (TPSA) is 59.4 Å². The molecule has 102 valence electrons. The summed E-state index contributed by atoms with van der Waals surface area (Å²) in [5, 5.41) is 1.10. The molecule has 6 heteroatoms. The van der Waals surface area contributed by atoms with E-state index in [4.69, 9.17) is 0 Å². The number of hydrogen-bond acceptors (Lipinski definition) is 3. The third-order valence-corrected chi connectivity index (χ3v) is 4.29. The number of rotatable bonds is 4. The van der Waals surface area contributed by atoms with Crippen LogP contribution in [0.3, 0.4) is 0 Å². The smallest absolute Gasteiger partial charge is 0.237 e. The van der Waals surface area contributed by atoms with Crippen LogP contribution < -0.4 is 0 Å². The lowest BCUT2D eigenvalue weighted by atomic mass is 10.2. The molecule has 0 bridgehead atoms. The van der Waals surface area contributed by atoms with Crippen LogP contribution in [0.1, 0.15) is 6.42 Å². The van der Waals surface area contributed by atoms with E-state index >= 15 is 0 Å². The molecule has 0 radical (unpaired) electrons. The zero-order chi connectivity index (χ0) is 14.0. The van der Waals surface area contributed by atoms with Gasteiger partial charge in [-0.05, 0) is 17.5 Å². The Morgan fingerprint density at radius 3 is 2.63 bits per heavy atom. The highest BCUT2D eigenvalue weighted by Crippen LogP contribution is 2.15. The van der Waals surface area contributed by atoms with Gasteiger partial charge in [-0.2, -0.15) is 0 Å². The van der Waals surface area contributed by atoms with E-state index in [-0.39, 0.29) is 6.42 Å². The van der Waals surface area contributed by atoms with E-state index in [2.05, 4.69) is 0 Å². The highest BCUT2D eigenvalue weighted by molar-refractivity contribution is 7.88. The van der Waals surface area contributed by atoms with Crippen LogP contribution in [0.5, 0.6) is 0 Å². The normalized spacial score (nSPS) is 11.7. The average Bonchev–Trinajstić information content (AvgIpc) is 2.77. The summed E-state index contributed by atoms with van der Waals surface area (Å²) in [6, 6.07) is 9.83. The second-order valence-electron chi connectivity index (χ2n) is 4.44. The van der Waals surface area contributed by atoms with Gasteiger partial charge in [0.15, 0.2) is 0 Å². The monoisotopic (exact) mass is 280 g/mol. The number of aryl methyl sites for hydroxylation is 1. The second kappa shape index (κ2) is 5.05. The van der Waals surface area contributed by atoms with Crippen LogP contribution in [0.4, 0.5) is 0 Å². The number of nitrogens with zero attached hydrogens (tertiary/aromatic N) is 2. The molecule has 0 aliphatic heterocycles. The number of aromatic nitrogens is 1. The molecular weight excluding hydrogens is 264 g/mol. The Balaban J connectivity index is 2.09. The molecule has 5 nitrogen and oxygen atoms in total. The van der Waals surface area contributed by atoms with Gasteiger partial charge in [-0.3, -0.25) is 4.79 Å².